The van der Waals surface area contributed by atoms with Crippen molar-refractivity contribution in [3.05, 3.63) is 28.5 Å². The van der Waals surface area contributed by atoms with Crippen LogP contribution in [0.15, 0.2) is 12.1 Å². The second kappa shape index (κ2) is 4.44. The second-order valence-electron chi connectivity index (χ2n) is 4.43. The van der Waals surface area contributed by atoms with Crippen molar-refractivity contribution in [1.29, 1.82) is 0 Å². The summed E-state index contributed by atoms with van der Waals surface area (Å²) < 4.78 is 34.6. The molecular formula is C12H12F2N2OS. The van der Waals surface area contributed by atoms with E-state index in [0.717, 1.165) is 25.5 Å². The average Bonchev–Trinajstić information content (AvgIpc) is 2.94. The molecule has 1 atom stereocenters. The van der Waals surface area contributed by atoms with Crippen molar-refractivity contribution in [3.8, 4) is 0 Å². The fourth-order valence-corrected chi connectivity index (χ4v) is 2.63. The highest BCUT2D eigenvalue weighted by Gasteiger charge is 2.20. The van der Waals surface area contributed by atoms with Crippen LogP contribution in [0.3, 0.4) is 0 Å². The summed E-state index contributed by atoms with van der Waals surface area (Å²) in [4.78, 5) is 2.88. The highest BCUT2D eigenvalue weighted by atomic mass is 32.1. The Bertz CT molecular complexity index is 643. The van der Waals surface area contributed by atoms with Gasteiger partial charge in [-0.25, -0.2) is 8.78 Å². The molecule has 18 heavy (non-hydrogen) atoms. The summed E-state index contributed by atoms with van der Waals surface area (Å²) in [6.07, 6.45) is 1.95. The molecule has 1 saturated heterocycles. The molecule has 96 valence electrons. The lowest BCUT2D eigenvalue weighted by atomic mass is 10.2. The first-order valence-corrected chi connectivity index (χ1v) is 6.26. The van der Waals surface area contributed by atoms with Crippen LogP contribution in [-0.2, 0) is 11.3 Å². The molecule has 1 aromatic heterocycles. The van der Waals surface area contributed by atoms with Crippen LogP contribution in [0.4, 0.5) is 8.78 Å². The van der Waals surface area contributed by atoms with Crippen molar-refractivity contribution in [2.24, 2.45) is 0 Å². The summed E-state index contributed by atoms with van der Waals surface area (Å²) in [5.74, 6) is -1.73. The Hall–Kier alpha value is -1.27. The summed E-state index contributed by atoms with van der Waals surface area (Å²) >= 11 is 5.15. The molecule has 2 heterocycles. The largest absolute Gasteiger partial charge is 0.376 e. The SMILES string of the molecule is Fc1ccc2[nH]c(=S)n(CC3CCCO3)c2c1F. The van der Waals surface area contributed by atoms with Crippen molar-refractivity contribution in [3.63, 3.8) is 0 Å². The van der Waals surface area contributed by atoms with Gasteiger partial charge >= 0.3 is 0 Å². The van der Waals surface area contributed by atoms with Gasteiger partial charge in [-0.1, -0.05) is 0 Å². The fourth-order valence-electron chi connectivity index (χ4n) is 2.36. The van der Waals surface area contributed by atoms with Gasteiger partial charge in [0, 0.05) is 6.61 Å². The molecule has 1 unspecified atom stereocenters. The van der Waals surface area contributed by atoms with Crippen molar-refractivity contribution < 1.29 is 13.5 Å². The van der Waals surface area contributed by atoms with Crippen LogP contribution in [0, 0.1) is 16.4 Å². The number of benzene rings is 1. The summed E-state index contributed by atoms with van der Waals surface area (Å²) in [5.41, 5.74) is 0.701. The maximum absolute atomic E-state index is 13.8. The molecule has 0 amide bonds. The molecule has 0 saturated carbocycles. The number of fused-ring (bicyclic) bond motifs is 1. The topological polar surface area (TPSA) is 29.9 Å². The third-order valence-corrected chi connectivity index (χ3v) is 3.56. The normalized spacial score (nSPS) is 19.8. The summed E-state index contributed by atoms with van der Waals surface area (Å²) in [6, 6.07) is 2.59. The Balaban J connectivity index is 2.12. The number of aromatic amines is 1. The standard InChI is InChI=1S/C12H12F2N2OS/c13-8-3-4-9-11(10(8)14)16(12(18)15-9)6-7-2-1-5-17-7/h3-4,7H,1-2,5-6H2,(H,15,18). The molecule has 0 spiro atoms. The lowest BCUT2D eigenvalue weighted by molar-refractivity contribution is 0.0975. The van der Waals surface area contributed by atoms with Gasteiger partial charge in [0.1, 0.15) is 5.52 Å². The van der Waals surface area contributed by atoms with E-state index in [1.165, 1.54) is 6.07 Å². The molecule has 6 heteroatoms. The van der Waals surface area contributed by atoms with Gasteiger partial charge in [0.25, 0.3) is 0 Å². The van der Waals surface area contributed by atoms with E-state index in [1.54, 1.807) is 4.57 Å². The predicted octanol–water partition coefficient (Wildman–Crippen LogP) is 3.16. The molecule has 2 aromatic rings. The number of hydrogen-bond acceptors (Lipinski definition) is 2. The number of aromatic nitrogens is 2. The Morgan fingerprint density at radius 1 is 1.44 bits per heavy atom. The van der Waals surface area contributed by atoms with Crippen LogP contribution in [0.5, 0.6) is 0 Å². The monoisotopic (exact) mass is 270 g/mol. The Morgan fingerprint density at radius 2 is 2.28 bits per heavy atom. The Labute approximate surface area is 107 Å². The highest BCUT2D eigenvalue weighted by Crippen LogP contribution is 2.23. The van der Waals surface area contributed by atoms with E-state index in [-0.39, 0.29) is 11.6 Å². The number of nitrogens with one attached hydrogen (secondary N) is 1. The van der Waals surface area contributed by atoms with Gasteiger partial charge in [0.15, 0.2) is 16.4 Å². The molecule has 1 aliphatic heterocycles. The summed E-state index contributed by atoms with van der Waals surface area (Å²) in [6.45, 7) is 1.18. The molecule has 1 fully saturated rings. The van der Waals surface area contributed by atoms with Gasteiger partial charge in [-0.2, -0.15) is 0 Å². The molecule has 1 aromatic carbocycles. The zero-order valence-corrected chi connectivity index (χ0v) is 10.4. The molecule has 1 N–H and O–H groups in total. The number of halogens is 2. The van der Waals surface area contributed by atoms with Gasteiger partial charge in [-0.05, 0) is 37.2 Å². The lowest BCUT2D eigenvalue weighted by Gasteiger charge is -2.11. The van der Waals surface area contributed by atoms with Gasteiger partial charge in [0.2, 0.25) is 0 Å². The van der Waals surface area contributed by atoms with E-state index in [2.05, 4.69) is 4.98 Å². The summed E-state index contributed by atoms with van der Waals surface area (Å²) in [5, 5.41) is 0. The average molecular weight is 270 g/mol. The minimum absolute atomic E-state index is 0.0263. The van der Waals surface area contributed by atoms with E-state index in [1.807, 2.05) is 0 Å². The maximum atomic E-state index is 13.8. The van der Waals surface area contributed by atoms with Crippen LogP contribution in [0.2, 0.25) is 0 Å². The van der Waals surface area contributed by atoms with Crippen molar-refractivity contribution in [2.75, 3.05) is 6.61 Å². The summed E-state index contributed by atoms with van der Waals surface area (Å²) in [7, 11) is 0. The number of H-pyrrole nitrogens is 1. The highest BCUT2D eigenvalue weighted by molar-refractivity contribution is 7.71. The van der Waals surface area contributed by atoms with E-state index < -0.39 is 11.6 Å². The molecule has 3 nitrogen and oxygen atoms in total. The molecular weight excluding hydrogens is 258 g/mol. The van der Waals surface area contributed by atoms with Crippen LogP contribution < -0.4 is 0 Å². The van der Waals surface area contributed by atoms with E-state index in [9.17, 15) is 8.78 Å². The zero-order valence-electron chi connectivity index (χ0n) is 9.58. The fraction of sp³-hybridized carbons (Fsp3) is 0.417. The zero-order chi connectivity index (χ0) is 12.7. The minimum Gasteiger partial charge on any atom is -0.376 e. The Kier molecular flexibility index (Phi) is 2.91. The first-order chi connectivity index (χ1) is 8.66. The minimum atomic E-state index is -0.863. The van der Waals surface area contributed by atoms with Crippen molar-refractivity contribution in [2.45, 2.75) is 25.5 Å². The molecule has 0 bridgehead atoms. The van der Waals surface area contributed by atoms with Gasteiger partial charge in [0.05, 0.1) is 18.2 Å². The van der Waals surface area contributed by atoms with Crippen molar-refractivity contribution in [1.82, 2.24) is 9.55 Å². The second-order valence-corrected chi connectivity index (χ2v) is 4.82. The smallest absolute Gasteiger partial charge is 0.184 e. The van der Waals surface area contributed by atoms with Crippen LogP contribution in [0.1, 0.15) is 12.8 Å². The number of nitrogens with zero attached hydrogens (tertiary/aromatic N) is 1. The first-order valence-electron chi connectivity index (χ1n) is 5.85. The number of imidazole rings is 1. The maximum Gasteiger partial charge on any atom is 0.184 e. The van der Waals surface area contributed by atoms with E-state index >= 15 is 0 Å². The third-order valence-electron chi connectivity index (χ3n) is 3.24. The number of rotatable bonds is 2. The molecule has 0 radical (unpaired) electrons. The van der Waals surface area contributed by atoms with E-state index in [4.69, 9.17) is 17.0 Å². The van der Waals surface area contributed by atoms with Crippen LogP contribution >= 0.6 is 12.2 Å². The van der Waals surface area contributed by atoms with Gasteiger partial charge in [-0.15, -0.1) is 0 Å². The Morgan fingerprint density at radius 3 is 3.00 bits per heavy atom. The first kappa shape index (κ1) is 11.8. The molecule has 3 rings (SSSR count). The molecule has 1 aliphatic rings. The predicted molar refractivity (Wildman–Crippen MR) is 66.0 cm³/mol. The lowest BCUT2D eigenvalue weighted by Crippen LogP contribution is -2.15. The number of ether oxygens (including phenoxy) is 1. The van der Waals surface area contributed by atoms with E-state index in [0.29, 0.717) is 16.8 Å². The van der Waals surface area contributed by atoms with Crippen LogP contribution in [-0.4, -0.2) is 22.3 Å². The van der Waals surface area contributed by atoms with Gasteiger partial charge in [-0.3, -0.25) is 0 Å². The van der Waals surface area contributed by atoms with Gasteiger partial charge < -0.3 is 14.3 Å². The number of hydrogen-bond donors (Lipinski definition) is 1. The third kappa shape index (κ3) is 1.85. The quantitative estimate of drug-likeness (QED) is 0.850. The molecule has 0 aliphatic carbocycles. The van der Waals surface area contributed by atoms with Crippen molar-refractivity contribution >= 4 is 23.3 Å². The van der Waals surface area contributed by atoms with Crippen LogP contribution in [0.25, 0.3) is 11.0 Å².